The summed E-state index contributed by atoms with van der Waals surface area (Å²) in [6.07, 6.45) is -0.806. The molecule has 2 rings (SSSR count). The highest BCUT2D eigenvalue weighted by molar-refractivity contribution is 6.34. The van der Waals surface area contributed by atoms with Gasteiger partial charge in [0.25, 0.3) is 11.6 Å². The van der Waals surface area contributed by atoms with Gasteiger partial charge in [-0.15, -0.1) is 0 Å². The summed E-state index contributed by atoms with van der Waals surface area (Å²) in [5.41, 5.74) is 0.111. The van der Waals surface area contributed by atoms with Crippen LogP contribution in [0.4, 0.5) is 11.4 Å². The molecule has 0 unspecified atom stereocenters. The minimum Gasteiger partial charge on any atom is -0.481 e. The summed E-state index contributed by atoms with van der Waals surface area (Å²) < 4.78 is 5.48. The smallest absolute Gasteiger partial charge is 0.271 e. The quantitative estimate of drug-likeness (QED) is 0.640. The van der Waals surface area contributed by atoms with Crippen LogP contribution in [-0.4, -0.2) is 16.9 Å². The van der Waals surface area contributed by atoms with Gasteiger partial charge in [0.15, 0.2) is 6.10 Å². The van der Waals surface area contributed by atoms with E-state index in [1.165, 1.54) is 18.2 Å². The number of halogens is 2. The number of hydrogen-bond donors (Lipinski definition) is 1. The zero-order chi connectivity index (χ0) is 17.0. The molecule has 1 atom stereocenters. The van der Waals surface area contributed by atoms with E-state index in [-0.39, 0.29) is 16.4 Å². The summed E-state index contributed by atoms with van der Waals surface area (Å²) >= 11 is 11.8. The lowest BCUT2D eigenvalue weighted by Crippen LogP contribution is -2.30. The third-order valence-corrected chi connectivity index (χ3v) is 3.45. The maximum Gasteiger partial charge on any atom is 0.271 e. The number of non-ortho nitro benzene ring substituents is 1. The van der Waals surface area contributed by atoms with Crippen molar-refractivity contribution in [2.24, 2.45) is 0 Å². The van der Waals surface area contributed by atoms with Gasteiger partial charge in [-0.1, -0.05) is 29.3 Å². The topological polar surface area (TPSA) is 81.5 Å². The lowest BCUT2D eigenvalue weighted by Gasteiger charge is -2.15. The molecule has 0 bridgehead atoms. The van der Waals surface area contributed by atoms with Gasteiger partial charge in [-0.25, -0.2) is 0 Å². The molecule has 23 heavy (non-hydrogen) atoms. The van der Waals surface area contributed by atoms with Gasteiger partial charge in [-0.05, 0) is 31.2 Å². The number of nitro groups is 1. The fourth-order valence-corrected chi connectivity index (χ4v) is 2.15. The van der Waals surface area contributed by atoms with E-state index in [1.54, 1.807) is 31.2 Å². The van der Waals surface area contributed by atoms with Crippen LogP contribution in [0.3, 0.4) is 0 Å². The van der Waals surface area contributed by atoms with Gasteiger partial charge in [0, 0.05) is 17.2 Å². The van der Waals surface area contributed by atoms with Gasteiger partial charge < -0.3 is 10.1 Å². The fraction of sp³-hybridized carbons (Fsp3) is 0.133. The Hall–Kier alpha value is -2.31. The van der Waals surface area contributed by atoms with Crippen LogP contribution in [0, 0.1) is 10.1 Å². The van der Waals surface area contributed by atoms with Crippen molar-refractivity contribution in [3.8, 4) is 5.75 Å². The van der Waals surface area contributed by atoms with Gasteiger partial charge in [-0.3, -0.25) is 14.9 Å². The van der Waals surface area contributed by atoms with Crippen LogP contribution >= 0.6 is 23.2 Å². The normalized spacial score (nSPS) is 11.6. The highest BCUT2D eigenvalue weighted by atomic mass is 35.5. The number of amides is 1. The number of nitrogens with zero attached hydrogens (tertiary/aromatic N) is 1. The number of nitro benzene ring substituents is 1. The van der Waals surface area contributed by atoms with E-state index < -0.39 is 16.9 Å². The monoisotopic (exact) mass is 354 g/mol. The number of nitrogens with one attached hydrogen (secondary N) is 1. The molecular weight excluding hydrogens is 343 g/mol. The summed E-state index contributed by atoms with van der Waals surface area (Å²) in [7, 11) is 0. The molecule has 0 aromatic heterocycles. The predicted molar refractivity (Wildman–Crippen MR) is 88.3 cm³/mol. The Morgan fingerprint density at radius 3 is 2.61 bits per heavy atom. The van der Waals surface area contributed by atoms with Crippen molar-refractivity contribution < 1.29 is 14.5 Å². The first kappa shape index (κ1) is 17.1. The summed E-state index contributed by atoms with van der Waals surface area (Å²) in [5.74, 6) is 0.00988. The van der Waals surface area contributed by atoms with Crippen LogP contribution in [0.5, 0.6) is 5.75 Å². The average molecular weight is 355 g/mol. The summed E-state index contributed by atoms with van der Waals surface area (Å²) in [4.78, 5) is 22.2. The van der Waals surface area contributed by atoms with Crippen molar-refractivity contribution in [3.05, 3.63) is 62.6 Å². The Kier molecular flexibility index (Phi) is 5.41. The number of ether oxygens (including phenoxy) is 1. The first-order chi connectivity index (χ1) is 10.9. The number of benzene rings is 2. The fourth-order valence-electron chi connectivity index (χ4n) is 1.75. The standard InChI is InChI=1S/C15H12Cl2N2O4/c1-9(23-12-4-2-3-10(16)7-12)15(20)18-14-6-5-11(19(21)22)8-13(14)17/h2-9H,1H3,(H,18,20)/t9-/m1/s1. The van der Waals surface area contributed by atoms with E-state index in [2.05, 4.69) is 5.32 Å². The number of anilines is 1. The molecule has 6 nitrogen and oxygen atoms in total. The number of carbonyl (C=O) groups is 1. The molecule has 1 N–H and O–H groups in total. The van der Waals surface area contributed by atoms with Gasteiger partial charge in [0.1, 0.15) is 5.75 Å². The largest absolute Gasteiger partial charge is 0.481 e. The van der Waals surface area contributed by atoms with Crippen LogP contribution in [0.2, 0.25) is 10.0 Å². The first-order valence-electron chi connectivity index (χ1n) is 6.54. The van der Waals surface area contributed by atoms with Gasteiger partial charge >= 0.3 is 0 Å². The molecule has 0 fully saturated rings. The molecule has 0 aliphatic rings. The number of rotatable bonds is 5. The highest BCUT2D eigenvalue weighted by Crippen LogP contribution is 2.27. The van der Waals surface area contributed by atoms with E-state index in [4.69, 9.17) is 27.9 Å². The van der Waals surface area contributed by atoms with E-state index >= 15 is 0 Å². The third kappa shape index (κ3) is 4.58. The van der Waals surface area contributed by atoms with Gasteiger partial charge in [0.05, 0.1) is 15.6 Å². The van der Waals surface area contributed by atoms with Crippen LogP contribution < -0.4 is 10.1 Å². The minimum absolute atomic E-state index is 0.0718. The third-order valence-electron chi connectivity index (χ3n) is 2.90. The molecule has 0 saturated carbocycles. The van der Waals surface area contributed by atoms with Crippen molar-refractivity contribution in [1.82, 2.24) is 0 Å². The summed E-state index contributed by atoms with van der Waals surface area (Å²) in [6, 6.07) is 10.4. The minimum atomic E-state index is -0.806. The molecular formula is C15H12Cl2N2O4. The average Bonchev–Trinajstić information content (AvgIpc) is 2.49. The molecule has 2 aromatic carbocycles. The van der Waals surface area contributed by atoms with Crippen molar-refractivity contribution in [2.75, 3.05) is 5.32 Å². The highest BCUT2D eigenvalue weighted by Gasteiger charge is 2.17. The molecule has 2 aromatic rings. The number of carbonyl (C=O) groups excluding carboxylic acids is 1. The molecule has 0 spiro atoms. The van der Waals surface area contributed by atoms with E-state index in [1.807, 2.05) is 0 Å². The summed E-state index contributed by atoms with van der Waals surface area (Å²) in [5, 5.41) is 13.8. The Balaban J connectivity index is 2.05. The molecule has 0 radical (unpaired) electrons. The van der Waals surface area contributed by atoms with Crippen LogP contribution in [0.25, 0.3) is 0 Å². The molecule has 1 amide bonds. The van der Waals surface area contributed by atoms with Gasteiger partial charge in [-0.2, -0.15) is 0 Å². The lowest BCUT2D eigenvalue weighted by atomic mass is 10.2. The molecule has 8 heteroatoms. The Morgan fingerprint density at radius 1 is 1.26 bits per heavy atom. The Morgan fingerprint density at radius 2 is 2.00 bits per heavy atom. The zero-order valence-corrected chi connectivity index (χ0v) is 13.5. The first-order valence-corrected chi connectivity index (χ1v) is 7.29. The Labute approximate surface area is 142 Å². The van der Waals surface area contributed by atoms with E-state index in [0.717, 1.165) is 0 Å². The molecule has 0 aliphatic carbocycles. The van der Waals surface area contributed by atoms with Crippen molar-refractivity contribution in [2.45, 2.75) is 13.0 Å². The predicted octanol–water partition coefficient (Wildman–Crippen LogP) is 4.31. The molecule has 0 saturated heterocycles. The second-order valence-corrected chi connectivity index (χ2v) is 5.47. The van der Waals surface area contributed by atoms with E-state index in [9.17, 15) is 14.9 Å². The Bertz CT molecular complexity index is 752. The van der Waals surface area contributed by atoms with Crippen LogP contribution in [0.15, 0.2) is 42.5 Å². The van der Waals surface area contributed by atoms with Crippen LogP contribution in [-0.2, 0) is 4.79 Å². The summed E-state index contributed by atoms with van der Waals surface area (Å²) in [6.45, 7) is 1.57. The second-order valence-electron chi connectivity index (χ2n) is 4.63. The van der Waals surface area contributed by atoms with Crippen molar-refractivity contribution in [1.29, 1.82) is 0 Å². The zero-order valence-electron chi connectivity index (χ0n) is 12.0. The van der Waals surface area contributed by atoms with Crippen molar-refractivity contribution in [3.63, 3.8) is 0 Å². The number of hydrogen-bond acceptors (Lipinski definition) is 4. The lowest BCUT2D eigenvalue weighted by molar-refractivity contribution is -0.384. The van der Waals surface area contributed by atoms with Crippen LogP contribution in [0.1, 0.15) is 6.92 Å². The second kappa shape index (κ2) is 7.30. The van der Waals surface area contributed by atoms with Crippen molar-refractivity contribution >= 4 is 40.5 Å². The molecule has 0 heterocycles. The maximum absolute atomic E-state index is 12.1. The molecule has 0 aliphatic heterocycles. The maximum atomic E-state index is 12.1. The van der Waals surface area contributed by atoms with E-state index in [0.29, 0.717) is 10.8 Å². The van der Waals surface area contributed by atoms with Gasteiger partial charge in [0.2, 0.25) is 0 Å². The SMILES string of the molecule is C[C@@H](Oc1cccc(Cl)c1)C(=O)Nc1ccc([N+](=O)[O-])cc1Cl. The molecule has 120 valence electrons.